The average molecular weight is 465 g/mol. The first kappa shape index (κ1) is 22.0. The minimum absolute atomic E-state index is 0.0661. The third-order valence-corrected chi connectivity index (χ3v) is 6.23. The highest BCUT2D eigenvalue weighted by atomic mass is 35.5. The Morgan fingerprint density at radius 3 is 2.23 bits per heavy atom. The summed E-state index contributed by atoms with van der Waals surface area (Å²) in [5, 5.41) is 6.11. The molecule has 0 fully saturated rings. The van der Waals surface area contributed by atoms with Gasteiger partial charge in [0.15, 0.2) is 0 Å². The van der Waals surface area contributed by atoms with Gasteiger partial charge in [-0.1, -0.05) is 29.3 Å². The maximum absolute atomic E-state index is 12.5. The number of carbonyl (C=O) groups is 1. The van der Waals surface area contributed by atoms with E-state index in [9.17, 15) is 13.2 Å². The Morgan fingerprint density at radius 2 is 1.57 bits per heavy atom. The summed E-state index contributed by atoms with van der Waals surface area (Å²) in [5.74, 6) is 0. The average Bonchev–Trinajstić information content (AvgIpc) is 2.74. The van der Waals surface area contributed by atoms with E-state index in [1.165, 1.54) is 24.3 Å². The number of sulfonamides is 1. The van der Waals surface area contributed by atoms with Crippen molar-refractivity contribution in [3.05, 3.63) is 88.2 Å². The van der Waals surface area contributed by atoms with Crippen molar-refractivity contribution >= 4 is 44.9 Å². The van der Waals surface area contributed by atoms with Gasteiger partial charge in [-0.2, -0.15) is 0 Å². The number of nitrogens with zero attached hydrogens (tertiary/aromatic N) is 1. The van der Waals surface area contributed by atoms with Crippen molar-refractivity contribution in [2.75, 3.05) is 5.32 Å². The molecular weight excluding hydrogens is 447 g/mol. The largest absolute Gasteiger partial charge is 0.334 e. The zero-order chi connectivity index (χ0) is 21.6. The lowest BCUT2D eigenvalue weighted by Gasteiger charge is -2.10. The van der Waals surface area contributed by atoms with Gasteiger partial charge in [-0.25, -0.2) is 17.9 Å². The smallest absolute Gasteiger partial charge is 0.319 e. The molecule has 3 N–H and O–H groups in total. The van der Waals surface area contributed by atoms with E-state index in [0.29, 0.717) is 27.8 Å². The minimum atomic E-state index is -3.73. The number of anilines is 1. The van der Waals surface area contributed by atoms with Gasteiger partial charge in [-0.05, 0) is 59.7 Å². The van der Waals surface area contributed by atoms with Gasteiger partial charge >= 0.3 is 6.03 Å². The standard InChI is InChI=1S/C20H18Cl2N4O3S/c21-18-6-1-15(11-19(18)22)13-25-30(28,29)17-4-2-16(3-5-17)26-20(27)24-12-14-7-9-23-10-8-14/h1-11,25H,12-13H2,(H2,24,26,27). The summed E-state index contributed by atoms with van der Waals surface area (Å²) in [6.07, 6.45) is 3.29. The zero-order valence-corrected chi connectivity index (χ0v) is 17.9. The van der Waals surface area contributed by atoms with Crippen molar-refractivity contribution < 1.29 is 13.2 Å². The summed E-state index contributed by atoms with van der Waals surface area (Å²) >= 11 is 11.8. The molecule has 0 unspecified atom stereocenters. The lowest BCUT2D eigenvalue weighted by Crippen LogP contribution is -2.28. The first-order chi connectivity index (χ1) is 14.3. The fraction of sp³-hybridized carbons (Fsp3) is 0.100. The summed E-state index contributed by atoms with van der Waals surface area (Å²) in [6, 6.07) is 13.9. The van der Waals surface area contributed by atoms with E-state index in [0.717, 1.165) is 5.56 Å². The quantitative estimate of drug-likeness (QED) is 0.487. The van der Waals surface area contributed by atoms with E-state index in [2.05, 4.69) is 20.3 Å². The molecule has 1 heterocycles. The van der Waals surface area contributed by atoms with Gasteiger partial charge in [-0.3, -0.25) is 4.98 Å². The number of halogens is 2. The molecule has 0 aliphatic carbocycles. The normalized spacial score (nSPS) is 11.1. The molecule has 7 nitrogen and oxygen atoms in total. The lowest BCUT2D eigenvalue weighted by molar-refractivity contribution is 0.251. The summed E-state index contributed by atoms with van der Waals surface area (Å²) in [4.78, 5) is 16.0. The van der Waals surface area contributed by atoms with Crippen molar-refractivity contribution in [2.24, 2.45) is 0 Å². The molecule has 0 saturated heterocycles. The predicted molar refractivity (Wildman–Crippen MR) is 117 cm³/mol. The van der Waals surface area contributed by atoms with Crippen LogP contribution in [0.2, 0.25) is 10.0 Å². The number of urea groups is 1. The van der Waals surface area contributed by atoms with Crippen molar-refractivity contribution in [1.29, 1.82) is 0 Å². The van der Waals surface area contributed by atoms with Gasteiger partial charge in [0, 0.05) is 31.2 Å². The molecule has 1 aromatic heterocycles. The number of benzene rings is 2. The molecule has 0 radical (unpaired) electrons. The Kier molecular flexibility index (Phi) is 7.28. The van der Waals surface area contributed by atoms with Crippen LogP contribution in [0.3, 0.4) is 0 Å². The molecule has 0 spiro atoms. The Labute approximate surface area is 184 Å². The number of pyridine rings is 1. The molecule has 3 aromatic rings. The molecular formula is C20H18Cl2N4O3S. The van der Waals surface area contributed by atoms with Gasteiger partial charge in [0.05, 0.1) is 14.9 Å². The molecule has 0 saturated carbocycles. The highest BCUT2D eigenvalue weighted by Crippen LogP contribution is 2.23. The Balaban J connectivity index is 1.55. The van der Waals surface area contributed by atoms with Crippen molar-refractivity contribution in [3.63, 3.8) is 0 Å². The zero-order valence-electron chi connectivity index (χ0n) is 15.6. The van der Waals surface area contributed by atoms with E-state index in [1.54, 1.807) is 42.7 Å². The first-order valence-corrected chi connectivity index (χ1v) is 11.0. The number of hydrogen-bond acceptors (Lipinski definition) is 4. The van der Waals surface area contributed by atoms with Crippen molar-refractivity contribution in [3.8, 4) is 0 Å². The number of nitrogens with one attached hydrogen (secondary N) is 3. The fourth-order valence-corrected chi connectivity index (χ4v) is 3.83. The third-order valence-electron chi connectivity index (χ3n) is 4.08. The van der Waals surface area contributed by atoms with Gasteiger partial charge in [0.2, 0.25) is 10.0 Å². The van der Waals surface area contributed by atoms with Gasteiger partial charge in [0.1, 0.15) is 0 Å². The second-order valence-corrected chi connectivity index (χ2v) is 8.84. The van der Waals surface area contributed by atoms with E-state index < -0.39 is 16.1 Å². The maximum atomic E-state index is 12.5. The van der Waals surface area contributed by atoms with Gasteiger partial charge in [0.25, 0.3) is 0 Å². The van der Waals surface area contributed by atoms with E-state index in [1.807, 2.05) is 0 Å². The molecule has 2 aromatic carbocycles. The molecule has 0 bridgehead atoms. The van der Waals surface area contributed by atoms with Gasteiger partial charge < -0.3 is 10.6 Å². The first-order valence-electron chi connectivity index (χ1n) is 8.81. The fourth-order valence-electron chi connectivity index (χ4n) is 2.49. The van der Waals surface area contributed by atoms with Crippen LogP contribution in [0.1, 0.15) is 11.1 Å². The van der Waals surface area contributed by atoms with Crippen molar-refractivity contribution in [1.82, 2.24) is 15.0 Å². The Morgan fingerprint density at radius 1 is 0.867 bits per heavy atom. The highest BCUT2D eigenvalue weighted by Gasteiger charge is 2.14. The monoisotopic (exact) mass is 464 g/mol. The van der Waals surface area contributed by atoms with Crippen LogP contribution >= 0.6 is 23.2 Å². The summed E-state index contributed by atoms with van der Waals surface area (Å²) in [5.41, 5.74) is 2.05. The van der Waals surface area contributed by atoms with Crippen molar-refractivity contribution in [2.45, 2.75) is 18.0 Å². The van der Waals surface area contributed by atoms with Crippen LogP contribution in [0.15, 0.2) is 71.9 Å². The molecule has 2 amide bonds. The Hall–Kier alpha value is -2.65. The van der Waals surface area contributed by atoms with Crippen LogP contribution in [0, 0.1) is 0 Å². The summed E-state index contributed by atoms with van der Waals surface area (Å²) in [7, 11) is -3.73. The Bertz CT molecular complexity index is 1120. The summed E-state index contributed by atoms with van der Waals surface area (Å²) < 4.78 is 27.5. The number of aromatic nitrogens is 1. The van der Waals surface area contributed by atoms with Crippen LogP contribution < -0.4 is 15.4 Å². The summed E-state index contributed by atoms with van der Waals surface area (Å²) in [6.45, 7) is 0.413. The number of amides is 2. The topological polar surface area (TPSA) is 100 Å². The number of carbonyl (C=O) groups excluding carboxylic acids is 1. The van der Waals surface area contributed by atoms with E-state index >= 15 is 0 Å². The number of rotatable bonds is 7. The second-order valence-electron chi connectivity index (χ2n) is 6.26. The van der Waals surface area contributed by atoms with E-state index in [4.69, 9.17) is 23.2 Å². The minimum Gasteiger partial charge on any atom is -0.334 e. The molecule has 0 atom stereocenters. The van der Waals surface area contributed by atoms with Gasteiger partial charge in [-0.15, -0.1) is 0 Å². The molecule has 0 aliphatic heterocycles. The maximum Gasteiger partial charge on any atom is 0.319 e. The van der Waals surface area contributed by atoms with Crippen LogP contribution in [-0.4, -0.2) is 19.4 Å². The molecule has 0 aliphatic rings. The van der Waals surface area contributed by atoms with Crippen LogP contribution in [0.4, 0.5) is 10.5 Å². The van der Waals surface area contributed by atoms with Crippen LogP contribution in [0.5, 0.6) is 0 Å². The molecule has 156 valence electrons. The SMILES string of the molecule is O=C(NCc1ccncc1)Nc1ccc(S(=O)(=O)NCc2ccc(Cl)c(Cl)c2)cc1. The molecule has 30 heavy (non-hydrogen) atoms. The second kappa shape index (κ2) is 9.90. The molecule has 3 rings (SSSR count). The van der Waals surface area contributed by atoms with Crippen LogP contribution in [0.25, 0.3) is 0 Å². The number of hydrogen-bond donors (Lipinski definition) is 3. The highest BCUT2D eigenvalue weighted by molar-refractivity contribution is 7.89. The predicted octanol–water partition coefficient (Wildman–Crippen LogP) is 4.19. The lowest BCUT2D eigenvalue weighted by atomic mass is 10.2. The van der Waals surface area contributed by atoms with E-state index in [-0.39, 0.29) is 11.4 Å². The third kappa shape index (κ3) is 6.17. The molecule has 10 heteroatoms. The van der Waals surface area contributed by atoms with Crippen LogP contribution in [-0.2, 0) is 23.1 Å².